The number of carbonyl (C=O) groups is 1. The zero-order valence-corrected chi connectivity index (χ0v) is 17.3. The van der Waals surface area contributed by atoms with Gasteiger partial charge in [0.2, 0.25) is 15.9 Å². The van der Waals surface area contributed by atoms with Crippen molar-refractivity contribution in [3.63, 3.8) is 0 Å². The molecule has 3 rings (SSSR count). The molecule has 2 aromatic rings. The monoisotopic (exact) mass is 417 g/mol. The lowest BCUT2D eigenvalue weighted by molar-refractivity contribution is -0.384. The summed E-state index contributed by atoms with van der Waals surface area (Å²) >= 11 is 0. The van der Waals surface area contributed by atoms with Gasteiger partial charge in [-0.2, -0.15) is 0 Å². The van der Waals surface area contributed by atoms with Crippen molar-refractivity contribution in [2.24, 2.45) is 0 Å². The van der Waals surface area contributed by atoms with Crippen LogP contribution in [0.25, 0.3) is 0 Å². The molecule has 0 saturated carbocycles. The third-order valence-electron chi connectivity index (χ3n) is 5.15. The molecule has 0 bridgehead atoms. The highest BCUT2D eigenvalue weighted by atomic mass is 32.2. The van der Waals surface area contributed by atoms with Crippen LogP contribution in [-0.2, 0) is 27.8 Å². The van der Waals surface area contributed by atoms with Crippen molar-refractivity contribution in [1.82, 2.24) is 4.90 Å². The Bertz CT molecular complexity index is 1070. The largest absolute Gasteiger partial charge is 0.336 e. The Morgan fingerprint density at radius 1 is 1.21 bits per heavy atom. The fraction of sp³-hybridized carbons (Fsp3) is 0.350. The number of amides is 1. The molecular weight excluding hydrogens is 394 g/mol. The van der Waals surface area contributed by atoms with Crippen LogP contribution in [0, 0.1) is 17.0 Å². The molecule has 0 fully saturated rings. The molecule has 1 heterocycles. The van der Waals surface area contributed by atoms with Gasteiger partial charge in [0.05, 0.1) is 16.9 Å². The Balaban J connectivity index is 1.95. The fourth-order valence-corrected chi connectivity index (χ4v) is 4.89. The van der Waals surface area contributed by atoms with E-state index in [1.165, 1.54) is 30.7 Å². The summed E-state index contributed by atoms with van der Waals surface area (Å²) in [5.74, 6) is -0.337. The maximum Gasteiger partial charge on any atom is 0.271 e. The number of nitro groups is 1. The standard InChI is InChI=1S/C20H23N3O5S/c1-14-8-9-18(23(25)26)12-19(14)22(29(3,27)28)15(2)20(24)21-11-10-16-6-4-5-7-17(16)13-21/h4-9,12,15H,10-11,13H2,1-3H3. The molecule has 1 aliphatic heterocycles. The summed E-state index contributed by atoms with van der Waals surface area (Å²) in [5.41, 5.74) is 2.66. The zero-order chi connectivity index (χ0) is 21.3. The zero-order valence-electron chi connectivity index (χ0n) is 16.5. The van der Waals surface area contributed by atoms with E-state index in [0.29, 0.717) is 25.1 Å². The number of hydrogen-bond acceptors (Lipinski definition) is 5. The van der Waals surface area contributed by atoms with Gasteiger partial charge in [-0.15, -0.1) is 0 Å². The second-order valence-corrected chi connectivity index (χ2v) is 9.10. The predicted molar refractivity (Wildman–Crippen MR) is 110 cm³/mol. The van der Waals surface area contributed by atoms with Crippen molar-refractivity contribution in [1.29, 1.82) is 0 Å². The van der Waals surface area contributed by atoms with E-state index in [0.717, 1.165) is 16.1 Å². The van der Waals surface area contributed by atoms with Gasteiger partial charge in [0.1, 0.15) is 6.04 Å². The lowest BCUT2D eigenvalue weighted by Gasteiger charge is -2.35. The molecule has 0 N–H and O–H groups in total. The molecule has 0 aromatic heterocycles. The summed E-state index contributed by atoms with van der Waals surface area (Å²) in [6, 6.07) is 10.8. The number of nitro benzene ring substituents is 1. The average molecular weight is 417 g/mol. The number of nitrogens with zero attached hydrogens (tertiary/aromatic N) is 3. The van der Waals surface area contributed by atoms with Crippen molar-refractivity contribution in [3.05, 3.63) is 69.3 Å². The van der Waals surface area contributed by atoms with E-state index in [1.54, 1.807) is 11.8 Å². The van der Waals surface area contributed by atoms with Crippen molar-refractivity contribution in [2.45, 2.75) is 32.9 Å². The predicted octanol–water partition coefficient (Wildman–Crippen LogP) is 2.64. The van der Waals surface area contributed by atoms with Crippen molar-refractivity contribution >= 4 is 27.3 Å². The molecule has 0 aliphatic carbocycles. The number of anilines is 1. The number of non-ortho nitro benzene ring substituents is 1. The number of benzene rings is 2. The summed E-state index contributed by atoms with van der Waals surface area (Å²) in [4.78, 5) is 25.4. The van der Waals surface area contributed by atoms with Gasteiger partial charge >= 0.3 is 0 Å². The van der Waals surface area contributed by atoms with Gasteiger partial charge in [-0.1, -0.05) is 30.3 Å². The summed E-state index contributed by atoms with van der Waals surface area (Å²) in [6.07, 6.45) is 1.70. The summed E-state index contributed by atoms with van der Waals surface area (Å²) in [6.45, 7) is 4.07. The molecule has 8 nitrogen and oxygen atoms in total. The Kier molecular flexibility index (Phi) is 5.61. The van der Waals surface area contributed by atoms with E-state index in [-0.39, 0.29) is 17.3 Å². The van der Waals surface area contributed by atoms with E-state index in [1.807, 2.05) is 24.3 Å². The quantitative estimate of drug-likeness (QED) is 0.550. The second-order valence-electron chi connectivity index (χ2n) is 7.24. The van der Waals surface area contributed by atoms with Crippen LogP contribution in [0.15, 0.2) is 42.5 Å². The van der Waals surface area contributed by atoms with E-state index < -0.39 is 21.0 Å². The number of rotatable bonds is 5. The van der Waals surface area contributed by atoms with Crippen molar-refractivity contribution in [3.8, 4) is 0 Å². The van der Waals surface area contributed by atoms with Crippen LogP contribution in [0.2, 0.25) is 0 Å². The van der Waals surface area contributed by atoms with Gasteiger partial charge in [0.25, 0.3) is 5.69 Å². The van der Waals surface area contributed by atoms with E-state index in [4.69, 9.17) is 0 Å². The number of sulfonamides is 1. The van der Waals surface area contributed by atoms with Crippen LogP contribution in [0.4, 0.5) is 11.4 Å². The smallest absolute Gasteiger partial charge is 0.271 e. The molecular formula is C20H23N3O5S. The Morgan fingerprint density at radius 2 is 1.86 bits per heavy atom. The summed E-state index contributed by atoms with van der Waals surface area (Å²) in [7, 11) is -3.86. The van der Waals surface area contributed by atoms with Crippen LogP contribution in [0.3, 0.4) is 0 Å². The summed E-state index contributed by atoms with van der Waals surface area (Å²) < 4.78 is 26.1. The minimum absolute atomic E-state index is 0.139. The van der Waals surface area contributed by atoms with Crippen LogP contribution >= 0.6 is 0 Å². The first-order valence-electron chi connectivity index (χ1n) is 9.19. The first kappa shape index (κ1) is 20.8. The van der Waals surface area contributed by atoms with Crippen LogP contribution in [0.5, 0.6) is 0 Å². The van der Waals surface area contributed by atoms with Crippen LogP contribution in [0.1, 0.15) is 23.6 Å². The molecule has 0 saturated heterocycles. The topological polar surface area (TPSA) is 101 Å². The van der Waals surface area contributed by atoms with E-state index in [9.17, 15) is 23.3 Å². The average Bonchev–Trinajstić information content (AvgIpc) is 2.67. The third-order valence-corrected chi connectivity index (χ3v) is 6.38. The molecule has 1 atom stereocenters. The molecule has 1 aliphatic rings. The van der Waals surface area contributed by atoms with Gasteiger partial charge in [-0.25, -0.2) is 8.42 Å². The minimum atomic E-state index is -3.86. The maximum atomic E-state index is 13.2. The molecule has 1 unspecified atom stereocenters. The molecule has 1 amide bonds. The molecule has 0 spiro atoms. The van der Waals surface area contributed by atoms with Gasteiger partial charge in [0, 0.05) is 25.2 Å². The van der Waals surface area contributed by atoms with E-state index in [2.05, 4.69) is 0 Å². The number of aryl methyl sites for hydroxylation is 1. The molecule has 29 heavy (non-hydrogen) atoms. The van der Waals surface area contributed by atoms with Gasteiger partial charge in [-0.05, 0) is 37.0 Å². The third kappa shape index (κ3) is 4.24. The highest BCUT2D eigenvalue weighted by Crippen LogP contribution is 2.30. The highest BCUT2D eigenvalue weighted by Gasteiger charge is 2.34. The van der Waals surface area contributed by atoms with Gasteiger partial charge < -0.3 is 4.90 Å². The normalized spacial score (nSPS) is 14.8. The Morgan fingerprint density at radius 3 is 2.48 bits per heavy atom. The van der Waals surface area contributed by atoms with Crippen LogP contribution < -0.4 is 4.31 Å². The van der Waals surface area contributed by atoms with E-state index >= 15 is 0 Å². The molecule has 9 heteroatoms. The Hall–Kier alpha value is -2.94. The van der Waals surface area contributed by atoms with Crippen LogP contribution in [-0.4, -0.2) is 43.0 Å². The van der Waals surface area contributed by atoms with Gasteiger partial charge in [-0.3, -0.25) is 19.2 Å². The molecule has 154 valence electrons. The number of fused-ring (bicyclic) bond motifs is 1. The molecule has 0 radical (unpaired) electrons. The highest BCUT2D eigenvalue weighted by molar-refractivity contribution is 7.92. The number of hydrogen-bond donors (Lipinski definition) is 0. The number of carbonyl (C=O) groups excluding carboxylic acids is 1. The molecule has 2 aromatic carbocycles. The Labute approximate surface area is 169 Å². The van der Waals surface area contributed by atoms with Crippen molar-refractivity contribution < 1.29 is 18.1 Å². The second kappa shape index (κ2) is 7.82. The summed E-state index contributed by atoms with van der Waals surface area (Å²) in [5, 5.41) is 11.2. The van der Waals surface area contributed by atoms with Gasteiger partial charge in [0.15, 0.2) is 0 Å². The lowest BCUT2D eigenvalue weighted by Crippen LogP contribution is -2.50. The minimum Gasteiger partial charge on any atom is -0.336 e. The first-order chi connectivity index (χ1) is 13.6. The first-order valence-corrected chi connectivity index (χ1v) is 11.0. The lowest BCUT2D eigenvalue weighted by atomic mass is 9.99. The SMILES string of the molecule is Cc1ccc([N+](=O)[O-])cc1N(C(C)C(=O)N1CCc2ccccc2C1)S(C)(=O)=O. The fourth-order valence-electron chi connectivity index (χ4n) is 3.67. The van der Waals surface area contributed by atoms with Crippen molar-refractivity contribution in [2.75, 3.05) is 17.1 Å². The maximum absolute atomic E-state index is 13.2.